The zero-order valence-electron chi connectivity index (χ0n) is 18.4. The second-order valence-corrected chi connectivity index (χ2v) is 9.45. The number of ether oxygens (including phenoxy) is 2. The van der Waals surface area contributed by atoms with Gasteiger partial charge in [0.25, 0.3) is 0 Å². The van der Waals surface area contributed by atoms with Gasteiger partial charge < -0.3 is 9.47 Å². The lowest BCUT2D eigenvalue weighted by molar-refractivity contribution is 0.122. The van der Waals surface area contributed by atoms with Crippen LogP contribution in [0.1, 0.15) is 11.1 Å². The molecule has 4 heterocycles. The first-order chi connectivity index (χ1) is 16.3. The quantitative estimate of drug-likeness (QED) is 0.421. The molecule has 0 aliphatic carbocycles. The Balaban J connectivity index is 1.13. The van der Waals surface area contributed by atoms with Crippen molar-refractivity contribution in [2.45, 2.75) is 13.1 Å². The van der Waals surface area contributed by atoms with Crippen LogP contribution in [0, 0.1) is 0 Å². The summed E-state index contributed by atoms with van der Waals surface area (Å²) in [6, 6.07) is 20.9. The van der Waals surface area contributed by atoms with Crippen molar-refractivity contribution < 1.29 is 9.47 Å². The van der Waals surface area contributed by atoms with Gasteiger partial charge in [-0.1, -0.05) is 30.3 Å². The molecule has 33 heavy (non-hydrogen) atoms. The highest BCUT2D eigenvalue weighted by atomic mass is 32.1. The minimum absolute atomic E-state index is 0.325. The van der Waals surface area contributed by atoms with E-state index in [2.05, 4.69) is 69.9 Å². The minimum Gasteiger partial charge on any atom is -0.454 e. The number of hydrogen-bond donors (Lipinski definition) is 0. The first-order valence-electron chi connectivity index (χ1n) is 11.3. The fraction of sp³-hybridized carbons (Fsp3) is 0.269. The predicted molar refractivity (Wildman–Crippen MR) is 130 cm³/mol. The highest BCUT2D eigenvalue weighted by Crippen LogP contribution is 2.33. The summed E-state index contributed by atoms with van der Waals surface area (Å²) in [5, 5.41) is 7.08. The van der Waals surface area contributed by atoms with E-state index in [1.54, 1.807) is 11.3 Å². The fourth-order valence-electron chi connectivity index (χ4n) is 4.50. The zero-order valence-corrected chi connectivity index (χ0v) is 19.2. The normalized spacial score (nSPS) is 16.4. The monoisotopic (exact) mass is 458 g/mol. The van der Waals surface area contributed by atoms with Crippen molar-refractivity contribution in [2.75, 3.05) is 33.0 Å². The van der Waals surface area contributed by atoms with Gasteiger partial charge in [-0.2, -0.15) is 5.10 Å². The molecular weight excluding hydrogens is 432 g/mol. The Hall–Kier alpha value is -3.13. The molecule has 0 atom stereocenters. The van der Waals surface area contributed by atoms with Crippen molar-refractivity contribution in [1.82, 2.24) is 19.6 Å². The van der Waals surface area contributed by atoms with Crippen molar-refractivity contribution in [3.8, 4) is 27.8 Å². The second kappa shape index (κ2) is 9.02. The Bertz CT molecular complexity index is 1210. The van der Waals surface area contributed by atoms with Crippen molar-refractivity contribution in [3.63, 3.8) is 0 Å². The summed E-state index contributed by atoms with van der Waals surface area (Å²) in [5.74, 6) is 1.71. The summed E-state index contributed by atoms with van der Waals surface area (Å²) in [7, 11) is 0. The average Bonchev–Trinajstić information content (AvgIpc) is 3.61. The predicted octanol–water partition coefficient (Wildman–Crippen LogP) is 4.65. The topological polar surface area (TPSA) is 42.8 Å². The summed E-state index contributed by atoms with van der Waals surface area (Å²) < 4.78 is 13.0. The average molecular weight is 459 g/mol. The summed E-state index contributed by atoms with van der Waals surface area (Å²) >= 11 is 1.75. The van der Waals surface area contributed by atoms with Gasteiger partial charge in [0.2, 0.25) is 6.79 Å². The second-order valence-electron chi connectivity index (χ2n) is 8.50. The van der Waals surface area contributed by atoms with Crippen LogP contribution in [0.5, 0.6) is 11.5 Å². The van der Waals surface area contributed by atoms with Crippen LogP contribution in [0.25, 0.3) is 16.3 Å². The smallest absolute Gasteiger partial charge is 0.231 e. The summed E-state index contributed by atoms with van der Waals surface area (Å²) in [4.78, 5) is 6.28. The van der Waals surface area contributed by atoms with Crippen LogP contribution >= 0.6 is 11.3 Å². The lowest BCUT2D eigenvalue weighted by Crippen LogP contribution is -2.45. The summed E-state index contributed by atoms with van der Waals surface area (Å²) in [6.45, 7) is 6.38. The molecule has 2 aliphatic rings. The van der Waals surface area contributed by atoms with Crippen LogP contribution in [0.3, 0.4) is 0 Å². The maximum Gasteiger partial charge on any atom is 0.231 e. The van der Waals surface area contributed by atoms with E-state index in [1.807, 2.05) is 16.8 Å². The van der Waals surface area contributed by atoms with E-state index in [4.69, 9.17) is 14.6 Å². The zero-order chi connectivity index (χ0) is 22.0. The van der Waals surface area contributed by atoms with E-state index in [0.717, 1.165) is 62.1 Å². The molecule has 2 aromatic carbocycles. The number of hydrogen-bond acceptors (Lipinski definition) is 6. The van der Waals surface area contributed by atoms with Gasteiger partial charge in [0.15, 0.2) is 11.5 Å². The van der Waals surface area contributed by atoms with Crippen LogP contribution in [-0.4, -0.2) is 52.6 Å². The molecule has 6 nitrogen and oxygen atoms in total. The Labute approximate surface area is 197 Å². The van der Waals surface area contributed by atoms with Gasteiger partial charge in [-0.05, 0) is 41.3 Å². The molecule has 0 unspecified atom stereocenters. The van der Waals surface area contributed by atoms with E-state index >= 15 is 0 Å². The van der Waals surface area contributed by atoms with Crippen molar-refractivity contribution in [2.24, 2.45) is 0 Å². The van der Waals surface area contributed by atoms with Gasteiger partial charge in [-0.3, -0.25) is 9.80 Å². The van der Waals surface area contributed by atoms with Gasteiger partial charge in [-0.25, -0.2) is 4.68 Å². The van der Waals surface area contributed by atoms with E-state index < -0.39 is 0 Å². The molecule has 0 bridgehead atoms. The number of para-hydroxylation sites is 1. The molecule has 6 rings (SSSR count). The first kappa shape index (κ1) is 20.5. The number of benzene rings is 2. The number of piperazine rings is 1. The molecule has 4 aromatic rings. The summed E-state index contributed by atoms with van der Waals surface area (Å²) in [6.07, 6.45) is 2.20. The third-order valence-corrected chi connectivity index (χ3v) is 7.14. The van der Waals surface area contributed by atoms with Crippen molar-refractivity contribution in [1.29, 1.82) is 0 Å². The Kier molecular flexibility index (Phi) is 5.59. The molecule has 1 saturated heterocycles. The van der Waals surface area contributed by atoms with Crippen LogP contribution < -0.4 is 9.47 Å². The Morgan fingerprint density at radius 2 is 1.61 bits per heavy atom. The molecule has 0 radical (unpaired) electrons. The first-order valence-corrected chi connectivity index (χ1v) is 12.2. The minimum atomic E-state index is 0.325. The van der Waals surface area contributed by atoms with E-state index in [1.165, 1.54) is 16.0 Å². The molecule has 2 aliphatic heterocycles. The van der Waals surface area contributed by atoms with Gasteiger partial charge in [0.1, 0.15) is 5.69 Å². The maximum absolute atomic E-state index is 5.53. The van der Waals surface area contributed by atoms with Crippen molar-refractivity contribution in [3.05, 3.63) is 83.4 Å². The number of aromatic nitrogens is 2. The van der Waals surface area contributed by atoms with E-state index in [0.29, 0.717) is 6.79 Å². The molecule has 0 saturated carbocycles. The van der Waals surface area contributed by atoms with Gasteiger partial charge in [0, 0.05) is 51.0 Å². The van der Waals surface area contributed by atoms with Gasteiger partial charge in [-0.15, -0.1) is 11.3 Å². The van der Waals surface area contributed by atoms with Crippen LogP contribution in [-0.2, 0) is 13.1 Å². The molecule has 1 fully saturated rings. The standard InChI is InChI=1S/C26H26N4O2S/c1-2-5-22(6-3-1)30-18-21(26(27-30)25-7-4-14-33-25)17-29-12-10-28(11-13-29)16-20-8-9-23-24(15-20)32-19-31-23/h1-9,14-15,18H,10-13,16-17,19H2. The van der Waals surface area contributed by atoms with E-state index in [9.17, 15) is 0 Å². The lowest BCUT2D eigenvalue weighted by Gasteiger charge is -2.34. The maximum atomic E-state index is 5.53. The third-order valence-electron chi connectivity index (χ3n) is 6.27. The molecule has 2 aromatic heterocycles. The highest BCUT2D eigenvalue weighted by Gasteiger charge is 2.21. The molecule has 7 heteroatoms. The lowest BCUT2D eigenvalue weighted by atomic mass is 10.1. The number of fused-ring (bicyclic) bond motifs is 1. The van der Waals surface area contributed by atoms with Crippen LogP contribution in [0.15, 0.2) is 72.2 Å². The Morgan fingerprint density at radius 3 is 2.39 bits per heavy atom. The molecular formula is C26H26N4O2S. The van der Waals surface area contributed by atoms with Crippen LogP contribution in [0.4, 0.5) is 0 Å². The molecule has 0 amide bonds. The number of thiophene rings is 1. The Morgan fingerprint density at radius 1 is 0.818 bits per heavy atom. The van der Waals surface area contributed by atoms with Crippen molar-refractivity contribution >= 4 is 11.3 Å². The van der Waals surface area contributed by atoms with Gasteiger partial charge >= 0.3 is 0 Å². The van der Waals surface area contributed by atoms with E-state index in [-0.39, 0.29) is 0 Å². The SMILES string of the molecule is c1ccc(-n2cc(CN3CCN(Cc4ccc5c(c4)OCO5)CC3)c(-c3cccs3)n2)cc1. The third kappa shape index (κ3) is 4.39. The number of nitrogens with zero attached hydrogens (tertiary/aromatic N) is 4. The fourth-order valence-corrected chi connectivity index (χ4v) is 5.25. The van der Waals surface area contributed by atoms with Gasteiger partial charge in [0.05, 0.1) is 10.6 Å². The largest absolute Gasteiger partial charge is 0.454 e. The molecule has 0 spiro atoms. The molecule has 0 N–H and O–H groups in total. The number of rotatable bonds is 6. The highest BCUT2D eigenvalue weighted by molar-refractivity contribution is 7.13. The van der Waals surface area contributed by atoms with Crippen LogP contribution in [0.2, 0.25) is 0 Å². The summed E-state index contributed by atoms with van der Waals surface area (Å²) in [5.41, 5.74) is 4.74. The molecule has 168 valence electrons.